The number of hydrogen-bond donors (Lipinski definition) is 0. The van der Waals surface area contributed by atoms with Gasteiger partial charge in [0.05, 0.1) is 32.0 Å². The van der Waals surface area contributed by atoms with Gasteiger partial charge >= 0.3 is 5.97 Å². The minimum absolute atomic E-state index is 0.193. The zero-order chi connectivity index (χ0) is 22.9. The van der Waals surface area contributed by atoms with Crippen molar-refractivity contribution in [3.8, 4) is 0 Å². The van der Waals surface area contributed by atoms with Crippen LogP contribution >= 0.6 is 0 Å². The monoisotopic (exact) mass is 444 g/mol. The number of esters is 1. The molecule has 0 aliphatic carbocycles. The number of carbonyl (C=O) groups excluding carboxylic acids is 1. The van der Waals surface area contributed by atoms with E-state index in [0.717, 1.165) is 16.7 Å². The fraction of sp³-hybridized carbons (Fsp3) is 0.250. The van der Waals surface area contributed by atoms with Gasteiger partial charge in [-0.05, 0) is 16.7 Å². The van der Waals surface area contributed by atoms with Gasteiger partial charge in [0, 0.05) is 0 Å². The van der Waals surface area contributed by atoms with Crippen LogP contribution in [0.25, 0.3) is 0 Å². The fourth-order valence-corrected chi connectivity index (χ4v) is 3.70. The first kappa shape index (κ1) is 22.9. The van der Waals surface area contributed by atoms with Gasteiger partial charge in [-0.15, -0.1) is 0 Å². The molecule has 33 heavy (non-hydrogen) atoms. The fourth-order valence-electron chi connectivity index (χ4n) is 3.70. The first-order valence-electron chi connectivity index (χ1n) is 11.0. The van der Waals surface area contributed by atoms with E-state index >= 15 is 0 Å². The van der Waals surface area contributed by atoms with Crippen molar-refractivity contribution in [2.24, 2.45) is 0 Å². The number of carbonyl (C=O) groups is 1. The highest BCUT2D eigenvalue weighted by Crippen LogP contribution is 2.28. The van der Waals surface area contributed by atoms with Gasteiger partial charge < -0.3 is 18.9 Å². The van der Waals surface area contributed by atoms with Gasteiger partial charge in [-0.25, -0.2) is 4.79 Å². The quantitative estimate of drug-likeness (QED) is 0.330. The Morgan fingerprint density at radius 2 is 1.18 bits per heavy atom. The normalized spacial score (nSPS) is 20.4. The van der Waals surface area contributed by atoms with Crippen LogP contribution in [-0.2, 0) is 43.6 Å². The summed E-state index contributed by atoms with van der Waals surface area (Å²) in [6.45, 7) is 5.23. The molecule has 3 aromatic rings. The number of hydrogen-bond acceptors (Lipinski definition) is 5. The van der Waals surface area contributed by atoms with Crippen molar-refractivity contribution < 1.29 is 23.7 Å². The molecule has 0 unspecified atom stereocenters. The zero-order valence-electron chi connectivity index (χ0n) is 18.5. The predicted octanol–water partition coefficient (Wildman–Crippen LogP) is 4.86. The van der Waals surface area contributed by atoms with Gasteiger partial charge in [0.2, 0.25) is 0 Å². The smallest absolute Gasteiger partial charge is 0.336 e. The number of rotatable bonds is 10. The lowest BCUT2D eigenvalue weighted by Crippen LogP contribution is -2.52. The van der Waals surface area contributed by atoms with Crippen molar-refractivity contribution in [1.29, 1.82) is 0 Å². The second kappa shape index (κ2) is 11.6. The minimum atomic E-state index is -0.638. The van der Waals surface area contributed by atoms with Crippen molar-refractivity contribution in [3.05, 3.63) is 120 Å². The van der Waals surface area contributed by atoms with Crippen molar-refractivity contribution >= 4 is 5.97 Å². The lowest BCUT2D eigenvalue weighted by Gasteiger charge is -2.38. The standard InChI is InChI=1S/C28H28O5/c1-21-26(31-18-23-13-7-3-8-14-23)27(32-19-24-15-9-4-10-16-24)25(33-28(21)29)20-30-17-22-11-5-2-6-12-22/h2-16,25-27H,1,17-20H2/t25-,26-,27-/m1/s1. The summed E-state index contributed by atoms with van der Waals surface area (Å²) in [5.74, 6) is -0.485. The largest absolute Gasteiger partial charge is 0.454 e. The molecule has 3 aromatic carbocycles. The molecule has 0 bridgehead atoms. The molecule has 1 aliphatic rings. The molecule has 3 atom stereocenters. The van der Waals surface area contributed by atoms with Crippen LogP contribution < -0.4 is 0 Å². The van der Waals surface area contributed by atoms with Gasteiger partial charge in [-0.2, -0.15) is 0 Å². The highest BCUT2D eigenvalue weighted by molar-refractivity contribution is 5.90. The first-order valence-corrected chi connectivity index (χ1v) is 11.0. The minimum Gasteiger partial charge on any atom is -0.454 e. The SMILES string of the molecule is C=C1C(=O)O[C@H](COCc2ccccc2)[C@@H](OCc2ccccc2)[C@@H]1OCc1ccccc1. The summed E-state index contributed by atoms with van der Waals surface area (Å²) in [5, 5.41) is 0. The molecule has 0 saturated carbocycles. The van der Waals surface area contributed by atoms with E-state index < -0.39 is 24.3 Å². The molecule has 1 fully saturated rings. The zero-order valence-corrected chi connectivity index (χ0v) is 18.5. The van der Waals surface area contributed by atoms with E-state index in [-0.39, 0.29) is 12.2 Å². The van der Waals surface area contributed by atoms with Crippen LogP contribution in [-0.4, -0.2) is 30.9 Å². The van der Waals surface area contributed by atoms with Gasteiger partial charge in [-0.3, -0.25) is 0 Å². The Labute approximate surface area is 194 Å². The van der Waals surface area contributed by atoms with Crippen LogP contribution in [0.15, 0.2) is 103 Å². The Balaban J connectivity index is 1.47. The van der Waals surface area contributed by atoms with Crippen molar-refractivity contribution in [3.63, 3.8) is 0 Å². The Bertz CT molecular complexity index is 1020. The Morgan fingerprint density at radius 1 is 0.697 bits per heavy atom. The van der Waals surface area contributed by atoms with E-state index in [2.05, 4.69) is 6.58 Å². The molecular weight excluding hydrogens is 416 g/mol. The van der Waals surface area contributed by atoms with Crippen LogP contribution in [0.2, 0.25) is 0 Å². The average Bonchev–Trinajstić information content (AvgIpc) is 2.86. The third kappa shape index (κ3) is 6.39. The molecule has 0 spiro atoms. The molecular formula is C28H28O5. The summed E-state index contributed by atoms with van der Waals surface area (Å²) in [6, 6.07) is 29.5. The summed E-state index contributed by atoms with van der Waals surface area (Å²) in [4.78, 5) is 12.6. The topological polar surface area (TPSA) is 54.0 Å². The molecule has 5 heteroatoms. The van der Waals surface area contributed by atoms with Crippen LogP contribution in [0.5, 0.6) is 0 Å². The molecule has 4 rings (SSSR count). The van der Waals surface area contributed by atoms with Gasteiger partial charge in [-0.1, -0.05) is 97.6 Å². The van der Waals surface area contributed by atoms with E-state index in [1.165, 1.54) is 0 Å². The van der Waals surface area contributed by atoms with E-state index in [0.29, 0.717) is 19.8 Å². The second-order valence-corrected chi connectivity index (χ2v) is 7.95. The molecule has 0 radical (unpaired) electrons. The van der Waals surface area contributed by atoms with Gasteiger partial charge in [0.25, 0.3) is 0 Å². The van der Waals surface area contributed by atoms with Gasteiger partial charge in [0.15, 0.2) is 6.10 Å². The summed E-state index contributed by atoms with van der Waals surface area (Å²) in [6.07, 6.45) is -1.80. The highest BCUT2D eigenvalue weighted by atomic mass is 16.6. The van der Waals surface area contributed by atoms with E-state index in [1.54, 1.807) is 0 Å². The van der Waals surface area contributed by atoms with E-state index in [9.17, 15) is 4.79 Å². The lowest BCUT2D eigenvalue weighted by atomic mass is 9.97. The van der Waals surface area contributed by atoms with Crippen LogP contribution in [0.1, 0.15) is 16.7 Å². The number of benzene rings is 3. The third-order valence-corrected chi connectivity index (χ3v) is 5.48. The first-order chi connectivity index (χ1) is 16.2. The van der Waals surface area contributed by atoms with Crippen LogP contribution in [0.3, 0.4) is 0 Å². The second-order valence-electron chi connectivity index (χ2n) is 7.95. The molecule has 0 aromatic heterocycles. The van der Waals surface area contributed by atoms with Crippen molar-refractivity contribution in [2.75, 3.05) is 6.61 Å². The van der Waals surface area contributed by atoms with Crippen LogP contribution in [0, 0.1) is 0 Å². The molecule has 1 heterocycles. The van der Waals surface area contributed by atoms with E-state index in [1.807, 2.05) is 91.0 Å². The summed E-state index contributed by atoms with van der Waals surface area (Å²) < 4.78 is 24.0. The maximum atomic E-state index is 12.6. The highest BCUT2D eigenvalue weighted by Gasteiger charge is 2.43. The molecule has 1 saturated heterocycles. The Kier molecular flexibility index (Phi) is 8.04. The Hall–Kier alpha value is -3.25. The van der Waals surface area contributed by atoms with Crippen molar-refractivity contribution in [1.82, 2.24) is 0 Å². The number of ether oxygens (including phenoxy) is 4. The molecule has 0 N–H and O–H groups in total. The maximum absolute atomic E-state index is 12.6. The Morgan fingerprint density at radius 3 is 1.73 bits per heavy atom. The summed E-state index contributed by atoms with van der Waals surface area (Å²) in [7, 11) is 0. The molecule has 5 nitrogen and oxygen atoms in total. The molecule has 170 valence electrons. The van der Waals surface area contributed by atoms with E-state index in [4.69, 9.17) is 18.9 Å². The third-order valence-electron chi connectivity index (χ3n) is 5.48. The van der Waals surface area contributed by atoms with Crippen molar-refractivity contribution in [2.45, 2.75) is 38.1 Å². The summed E-state index contributed by atoms with van der Waals surface area (Å²) >= 11 is 0. The predicted molar refractivity (Wildman–Crippen MR) is 125 cm³/mol. The average molecular weight is 445 g/mol. The lowest BCUT2D eigenvalue weighted by molar-refractivity contribution is -0.190. The number of cyclic esters (lactones) is 1. The maximum Gasteiger partial charge on any atom is 0.336 e. The summed E-state index contributed by atoms with van der Waals surface area (Å²) in [5.41, 5.74) is 3.32. The van der Waals surface area contributed by atoms with Crippen LogP contribution in [0.4, 0.5) is 0 Å². The molecule has 1 aliphatic heterocycles. The molecule has 0 amide bonds. The van der Waals surface area contributed by atoms with Gasteiger partial charge in [0.1, 0.15) is 12.2 Å².